The minimum Gasteiger partial charge on any atom is -0.381 e. The first-order valence-corrected chi connectivity index (χ1v) is 5.69. The lowest BCUT2D eigenvalue weighted by atomic mass is 9.84. The van der Waals surface area contributed by atoms with Crippen molar-refractivity contribution in [3.8, 4) is 0 Å². The third-order valence-electron chi connectivity index (χ3n) is 2.94. The van der Waals surface area contributed by atoms with Crippen molar-refractivity contribution in [2.75, 3.05) is 0 Å². The van der Waals surface area contributed by atoms with Crippen molar-refractivity contribution in [3.63, 3.8) is 0 Å². The molecule has 0 radical (unpaired) electrons. The maximum Gasteiger partial charge on any atom is 0.0652 e. The van der Waals surface area contributed by atoms with Gasteiger partial charge in [0.15, 0.2) is 0 Å². The fourth-order valence-electron chi connectivity index (χ4n) is 1.88. The summed E-state index contributed by atoms with van der Waals surface area (Å²) in [7, 11) is 0. The van der Waals surface area contributed by atoms with E-state index in [1.165, 1.54) is 6.42 Å². The summed E-state index contributed by atoms with van der Waals surface area (Å²) in [5, 5.41) is 3.33. The number of hydrogen-bond acceptors (Lipinski definition) is 2. The van der Waals surface area contributed by atoms with Crippen molar-refractivity contribution in [2.24, 2.45) is 10.4 Å². The minimum atomic E-state index is 0.149. The van der Waals surface area contributed by atoms with E-state index >= 15 is 0 Å². The Labute approximate surface area is 93.2 Å². The van der Waals surface area contributed by atoms with E-state index in [0.717, 1.165) is 17.8 Å². The maximum atomic E-state index is 4.67. The van der Waals surface area contributed by atoms with E-state index in [4.69, 9.17) is 0 Å². The molecule has 15 heavy (non-hydrogen) atoms. The van der Waals surface area contributed by atoms with Crippen LogP contribution in [0.2, 0.25) is 0 Å². The van der Waals surface area contributed by atoms with E-state index in [1.54, 1.807) is 0 Å². The molecule has 2 nitrogen and oxygen atoms in total. The number of nitrogens with one attached hydrogen (secondary N) is 1. The summed E-state index contributed by atoms with van der Waals surface area (Å²) >= 11 is 0. The molecular weight excluding hydrogens is 184 g/mol. The smallest absolute Gasteiger partial charge is 0.0652 e. The highest BCUT2D eigenvalue weighted by Gasteiger charge is 2.25. The van der Waals surface area contributed by atoms with Gasteiger partial charge in [-0.1, -0.05) is 33.8 Å². The molecule has 0 aromatic heterocycles. The highest BCUT2D eigenvalue weighted by atomic mass is 15.0. The van der Waals surface area contributed by atoms with Crippen LogP contribution in [0.1, 0.15) is 40.5 Å². The van der Waals surface area contributed by atoms with Crippen LogP contribution in [0.25, 0.3) is 0 Å². The average Bonchev–Trinajstić information content (AvgIpc) is 2.18. The van der Waals surface area contributed by atoms with Crippen molar-refractivity contribution < 1.29 is 0 Å². The van der Waals surface area contributed by atoms with Gasteiger partial charge in [-0.25, -0.2) is 0 Å². The van der Waals surface area contributed by atoms with Gasteiger partial charge in [-0.05, 0) is 19.4 Å². The van der Waals surface area contributed by atoms with E-state index in [-0.39, 0.29) is 11.5 Å². The van der Waals surface area contributed by atoms with Gasteiger partial charge >= 0.3 is 0 Å². The Kier molecular flexibility index (Phi) is 3.72. The van der Waals surface area contributed by atoms with Crippen molar-refractivity contribution in [1.82, 2.24) is 5.32 Å². The zero-order valence-corrected chi connectivity index (χ0v) is 10.3. The van der Waals surface area contributed by atoms with Crippen molar-refractivity contribution >= 4 is 5.71 Å². The number of hydrogen-bond donors (Lipinski definition) is 1. The summed E-state index contributed by atoms with van der Waals surface area (Å²) < 4.78 is 0. The molecular formula is C13H22N2. The molecule has 0 bridgehead atoms. The Balaban J connectivity index is 2.89. The molecule has 2 heteroatoms. The molecule has 1 N–H and O–H groups in total. The molecule has 0 amide bonds. The van der Waals surface area contributed by atoms with Crippen LogP contribution in [-0.2, 0) is 0 Å². The molecule has 1 aliphatic rings. The zero-order valence-electron chi connectivity index (χ0n) is 10.3. The number of nitrogens with zero attached hydrogens (tertiary/aromatic N) is 1. The van der Waals surface area contributed by atoms with Crippen LogP contribution in [0.3, 0.4) is 0 Å². The molecule has 0 fully saturated rings. The van der Waals surface area contributed by atoms with Gasteiger partial charge in [0.1, 0.15) is 0 Å². The lowest BCUT2D eigenvalue weighted by molar-refractivity contribution is 0.393. The second kappa shape index (κ2) is 4.65. The molecule has 1 atom stereocenters. The van der Waals surface area contributed by atoms with Crippen LogP contribution in [-0.4, -0.2) is 11.8 Å². The predicted molar refractivity (Wildman–Crippen MR) is 67.0 cm³/mol. The largest absolute Gasteiger partial charge is 0.381 e. The average molecular weight is 206 g/mol. The Hall–Kier alpha value is -1.05. The van der Waals surface area contributed by atoms with Crippen LogP contribution in [0.15, 0.2) is 29.5 Å². The van der Waals surface area contributed by atoms with Crippen molar-refractivity contribution in [2.45, 2.75) is 46.6 Å². The third-order valence-corrected chi connectivity index (χ3v) is 2.94. The van der Waals surface area contributed by atoms with Crippen LogP contribution in [0.4, 0.5) is 0 Å². The lowest BCUT2D eigenvalue weighted by Crippen LogP contribution is -2.34. The minimum absolute atomic E-state index is 0.149. The molecule has 0 saturated carbocycles. The summed E-state index contributed by atoms with van der Waals surface area (Å²) in [4.78, 5) is 4.67. The van der Waals surface area contributed by atoms with Gasteiger partial charge in [0.2, 0.25) is 0 Å². The standard InChI is InChI=1S/C13H22N2/c1-6-8-13(4,5)12-9-14-10(3)11(7-2)15-12/h7,9-10,14H,2,6,8H2,1,3-5H3. The van der Waals surface area contributed by atoms with Crippen molar-refractivity contribution in [3.05, 3.63) is 24.6 Å². The summed E-state index contributed by atoms with van der Waals surface area (Å²) in [6.07, 6.45) is 6.22. The molecule has 0 aromatic carbocycles. The fourth-order valence-corrected chi connectivity index (χ4v) is 1.88. The van der Waals surface area contributed by atoms with Gasteiger partial charge < -0.3 is 5.32 Å². The van der Waals surface area contributed by atoms with Gasteiger partial charge in [0.25, 0.3) is 0 Å². The lowest BCUT2D eigenvalue weighted by Gasteiger charge is -2.29. The molecule has 0 aromatic rings. The van der Waals surface area contributed by atoms with E-state index in [9.17, 15) is 0 Å². The number of aliphatic imine (C=N–C) groups is 1. The van der Waals surface area contributed by atoms with E-state index in [2.05, 4.69) is 44.6 Å². The second-order valence-corrected chi connectivity index (χ2v) is 4.79. The molecule has 1 heterocycles. The molecule has 1 unspecified atom stereocenters. The second-order valence-electron chi connectivity index (χ2n) is 4.79. The molecule has 0 spiro atoms. The molecule has 0 aliphatic carbocycles. The highest BCUT2D eigenvalue weighted by Crippen LogP contribution is 2.33. The monoisotopic (exact) mass is 206 g/mol. The third kappa shape index (κ3) is 2.71. The summed E-state index contributed by atoms with van der Waals surface area (Å²) in [6, 6.07) is 0.281. The Morgan fingerprint density at radius 3 is 2.80 bits per heavy atom. The van der Waals surface area contributed by atoms with E-state index in [0.29, 0.717) is 0 Å². The Morgan fingerprint density at radius 2 is 2.27 bits per heavy atom. The quantitative estimate of drug-likeness (QED) is 0.750. The predicted octanol–water partition coefficient (Wildman–Crippen LogP) is 3.27. The highest BCUT2D eigenvalue weighted by molar-refractivity contribution is 5.99. The maximum absolute atomic E-state index is 4.67. The first-order chi connectivity index (χ1) is 7.01. The van der Waals surface area contributed by atoms with Crippen LogP contribution in [0.5, 0.6) is 0 Å². The number of rotatable bonds is 4. The molecule has 0 saturated heterocycles. The van der Waals surface area contributed by atoms with Gasteiger partial charge in [0, 0.05) is 11.6 Å². The first kappa shape index (κ1) is 12.0. The van der Waals surface area contributed by atoms with Gasteiger partial charge in [-0.2, -0.15) is 0 Å². The summed E-state index contributed by atoms with van der Waals surface area (Å²) in [5.41, 5.74) is 2.32. The zero-order chi connectivity index (χ0) is 11.5. The Morgan fingerprint density at radius 1 is 1.60 bits per heavy atom. The summed E-state index contributed by atoms with van der Waals surface area (Å²) in [6.45, 7) is 12.6. The normalized spacial score (nSPS) is 21.5. The van der Waals surface area contributed by atoms with Crippen LogP contribution >= 0.6 is 0 Å². The molecule has 1 rings (SSSR count). The van der Waals surface area contributed by atoms with Gasteiger partial charge in [-0.3, -0.25) is 4.99 Å². The van der Waals surface area contributed by atoms with E-state index in [1.807, 2.05) is 12.3 Å². The van der Waals surface area contributed by atoms with Crippen LogP contribution < -0.4 is 5.32 Å². The summed E-state index contributed by atoms with van der Waals surface area (Å²) in [5.74, 6) is 0. The first-order valence-electron chi connectivity index (χ1n) is 5.69. The van der Waals surface area contributed by atoms with Gasteiger partial charge in [0.05, 0.1) is 17.5 Å². The number of allylic oxidation sites excluding steroid dienone is 1. The fraction of sp³-hybridized carbons (Fsp3) is 0.615. The van der Waals surface area contributed by atoms with Gasteiger partial charge in [-0.15, -0.1) is 0 Å². The SMILES string of the molecule is C=CC1=NC(C(C)(C)CCC)=CNC1C. The molecule has 1 aliphatic heterocycles. The Bertz CT molecular complexity index is 298. The van der Waals surface area contributed by atoms with Crippen LogP contribution in [0, 0.1) is 5.41 Å². The van der Waals surface area contributed by atoms with Crippen molar-refractivity contribution in [1.29, 1.82) is 0 Å². The molecule has 84 valence electrons. The van der Waals surface area contributed by atoms with E-state index < -0.39 is 0 Å². The topological polar surface area (TPSA) is 24.4 Å².